The molecule has 2 aliphatic rings. The van der Waals surface area contributed by atoms with Crippen molar-refractivity contribution in [3.8, 4) is 0 Å². The Labute approximate surface area is 188 Å². The average Bonchev–Trinajstić information content (AvgIpc) is 2.76. The summed E-state index contributed by atoms with van der Waals surface area (Å²) in [5.41, 5.74) is 7.26. The Balaban J connectivity index is 1.84. The average molecular weight is 441 g/mol. The lowest BCUT2D eigenvalue weighted by Crippen LogP contribution is -2.52. The summed E-state index contributed by atoms with van der Waals surface area (Å²) in [6.07, 6.45) is 10.4. The third-order valence-electron chi connectivity index (χ3n) is 7.19. The first-order valence-corrected chi connectivity index (χ1v) is 12.5. The van der Waals surface area contributed by atoms with Crippen molar-refractivity contribution in [2.24, 2.45) is 28.6 Å². The van der Waals surface area contributed by atoms with Crippen LogP contribution in [-0.4, -0.2) is 43.7 Å². The van der Waals surface area contributed by atoms with Gasteiger partial charge in [0.25, 0.3) is 0 Å². The molecule has 2 fully saturated rings. The van der Waals surface area contributed by atoms with Crippen LogP contribution < -0.4 is 16.5 Å². The van der Waals surface area contributed by atoms with Gasteiger partial charge in [0.2, 0.25) is 0 Å². The van der Waals surface area contributed by atoms with Gasteiger partial charge in [0, 0.05) is 13.5 Å². The number of rotatable bonds is 13. The molecule has 3 unspecified atom stereocenters. The van der Waals surface area contributed by atoms with E-state index in [4.69, 9.17) is 10.5 Å². The quantitative estimate of drug-likeness (QED) is 0.172. The number of alkyl halides is 1. The van der Waals surface area contributed by atoms with E-state index in [1.807, 2.05) is 0 Å². The molecule has 1 heterocycles. The van der Waals surface area contributed by atoms with Gasteiger partial charge >= 0.3 is 5.97 Å². The fourth-order valence-electron chi connectivity index (χ4n) is 5.20. The smallest absolute Gasteiger partial charge is 0.323 e. The maximum absolute atomic E-state index is 15.5. The molecule has 2 rings (SSSR count). The molecule has 6 nitrogen and oxygen atoms in total. The van der Waals surface area contributed by atoms with Gasteiger partial charge in [-0.15, -0.1) is 0 Å². The van der Waals surface area contributed by atoms with Gasteiger partial charge in [-0.25, -0.2) is 4.39 Å². The minimum Gasteiger partial charge on any atom is -0.464 e. The molecule has 0 spiro atoms. The molecule has 180 valence electrons. The fourth-order valence-corrected chi connectivity index (χ4v) is 5.20. The Kier molecular flexibility index (Phi) is 11.1. The number of carbonyl (C=O) groups excluding carboxylic acids is 1. The van der Waals surface area contributed by atoms with Crippen LogP contribution in [0.5, 0.6) is 0 Å². The van der Waals surface area contributed by atoms with E-state index in [2.05, 4.69) is 29.7 Å². The largest absolute Gasteiger partial charge is 0.464 e. The molecule has 1 saturated heterocycles. The van der Waals surface area contributed by atoms with Crippen molar-refractivity contribution < 1.29 is 13.9 Å². The first-order valence-electron chi connectivity index (χ1n) is 12.5. The molecular formula is C24H45FN4O2. The van der Waals surface area contributed by atoms with Crippen LogP contribution in [0.25, 0.3) is 0 Å². The number of halogens is 1. The minimum absolute atomic E-state index is 0.156. The van der Waals surface area contributed by atoms with Crippen molar-refractivity contribution in [2.45, 2.75) is 103 Å². The number of fused-ring (bicyclic) bond motifs is 1. The highest BCUT2D eigenvalue weighted by atomic mass is 19.1. The number of piperidine rings is 1. The van der Waals surface area contributed by atoms with Crippen LogP contribution in [0, 0.1) is 17.8 Å². The highest BCUT2D eigenvalue weighted by Crippen LogP contribution is 2.44. The Morgan fingerprint density at radius 3 is 2.65 bits per heavy atom. The zero-order chi connectivity index (χ0) is 22.7. The number of nitrogens with two attached hydrogens (primary N) is 1. The zero-order valence-corrected chi connectivity index (χ0v) is 19.9. The summed E-state index contributed by atoms with van der Waals surface area (Å²) < 4.78 is 21.2. The number of hydrogen-bond donors (Lipinski definition) is 3. The molecule has 0 radical (unpaired) electrons. The lowest BCUT2D eigenvalue weighted by Gasteiger charge is -2.44. The van der Waals surface area contributed by atoms with Crippen molar-refractivity contribution >= 4 is 11.8 Å². The van der Waals surface area contributed by atoms with Crippen molar-refractivity contribution in [1.29, 1.82) is 0 Å². The number of amidine groups is 1. The predicted octanol–water partition coefficient (Wildman–Crippen LogP) is 4.28. The van der Waals surface area contributed by atoms with Gasteiger partial charge in [0.1, 0.15) is 17.5 Å². The second kappa shape index (κ2) is 13.2. The molecule has 1 aliphatic heterocycles. The maximum Gasteiger partial charge on any atom is 0.323 e. The van der Waals surface area contributed by atoms with Gasteiger partial charge in [0.15, 0.2) is 0 Å². The number of nitrogens with zero attached hydrogens (tertiary/aromatic N) is 1. The third-order valence-corrected chi connectivity index (χ3v) is 7.19. The summed E-state index contributed by atoms with van der Waals surface area (Å²) in [6.45, 7) is 5.69. The molecule has 31 heavy (non-hydrogen) atoms. The van der Waals surface area contributed by atoms with Crippen LogP contribution in [0.3, 0.4) is 0 Å². The highest BCUT2D eigenvalue weighted by molar-refractivity contribution is 5.80. The standard InChI is InChI=1S/C24H45FN4O2/c1-4-6-8-18(9-7-5-2)17-31-23(30)21-14-20-15-24(25,12-10-19(20)16-28-21)13-11-22(26)29-27-3/h18-21,27-28H,4-17H2,1-3H3,(H2,26,29)/t19?,20?,21?,24-/m0/s1. The fraction of sp³-hybridized carbons (Fsp3) is 0.917. The summed E-state index contributed by atoms with van der Waals surface area (Å²) in [7, 11) is 1.69. The first-order chi connectivity index (χ1) is 14.9. The van der Waals surface area contributed by atoms with Gasteiger partial charge in [0.05, 0.1) is 6.61 Å². The summed E-state index contributed by atoms with van der Waals surface area (Å²) in [5, 5.41) is 7.31. The van der Waals surface area contributed by atoms with E-state index in [0.717, 1.165) is 25.8 Å². The van der Waals surface area contributed by atoms with E-state index in [9.17, 15) is 4.79 Å². The highest BCUT2D eigenvalue weighted by Gasteiger charge is 2.44. The predicted molar refractivity (Wildman–Crippen MR) is 124 cm³/mol. The number of unbranched alkanes of at least 4 members (excludes halogenated alkanes) is 2. The molecule has 0 aromatic heterocycles. The topological polar surface area (TPSA) is 88.7 Å². The molecule has 0 aromatic carbocycles. The van der Waals surface area contributed by atoms with Crippen molar-refractivity contribution in [1.82, 2.24) is 10.7 Å². The van der Waals surface area contributed by atoms with Crippen LogP contribution >= 0.6 is 0 Å². The molecule has 1 aliphatic carbocycles. The molecule has 0 amide bonds. The summed E-state index contributed by atoms with van der Waals surface area (Å²) in [4.78, 5) is 12.8. The normalized spacial score (nSPS) is 28.9. The number of esters is 1. The molecule has 7 heteroatoms. The molecule has 4 N–H and O–H groups in total. The molecular weight excluding hydrogens is 395 g/mol. The second-order valence-electron chi connectivity index (χ2n) is 9.72. The van der Waals surface area contributed by atoms with E-state index in [1.54, 1.807) is 7.05 Å². The molecule has 4 atom stereocenters. The Morgan fingerprint density at radius 2 is 2.00 bits per heavy atom. The third kappa shape index (κ3) is 8.59. The van der Waals surface area contributed by atoms with E-state index in [1.165, 1.54) is 25.7 Å². The zero-order valence-electron chi connectivity index (χ0n) is 19.9. The van der Waals surface area contributed by atoms with Crippen molar-refractivity contribution in [3.63, 3.8) is 0 Å². The molecule has 0 bridgehead atoms. The van der Waals surface area contributed by atoms with Gasteiger partial charge < -0.3 is 21.2 Å². The Morgan fingerprint density at radius 1 is 1.29 bits per heavy atom. The maximum atomic E-state index is 15.5. The van der Waals surface area contributed by atoms with Crippen LogP contribution in [0.1, 0.15) is 90.9 Å². The van der Waals surface area contributed by atoms with Crippen LogP contribution in [0.15, 0.2) is 5.10 Å². The molecule has 0 aromatic rings. The number of ether oxygens (including phenoxy) is 1. The number of hydrazone groups is 1. The molecule has 1 saturated carbocycles. The lowest BCUT2D eigenvalue weighted by atomic mass is 9.67. The van der Waals surface area contributed by atoms with Crippen molar-refractivity contribution in [2.75, 3.05) is 20.2 Å². The number of nitrogens with one attached hydrogen (secondary N) is 2. The first kappa shape index (κ1) is 25.9. The Hall–Kier alpha value is -1.37. The summed E-state index contributed by atoms with van der Waals surface area (Å²) in [5.74, 6) is 1.40. The summed E-state index contributed by atoms with van der Waals surface area (Å²) in [6, 6.07) is -0.308. The van der Waals surface area contributed by atoms with E-state index < -0.39 is 5.67 Å². The van der Waals surface area contributed by atoms with Gasteiger partial charge in [-0.3, -0.25) is 4.79 Å². The van der Waals surface area contributed by atoms with Crippen molar-refractivity contribution in [3.05, 3.63) is 0 Å². The van der Waals surface area contributed by atoms with Crippen LogP contribution in [0.4, 0.5) is 4.39 Å². The monoisotopic (exact) mass is 440 g/mol. The second-order valence-corrected chi connectivity index (χ2v) is 9.72. The van der Waals surface area contributed by atoms with Gasteiger partial charge in [-0.2, -0.15) is 5.10 Å². The van der Waals surface area contributed by atoms with E-state index in [-0.39, 0.29) is 17.9 Å². The minimum atomic E-state index is -1.22. The van der Waals surface area contributed by atoms with Gasteiger partial charge in [-0.05, 0) is 69.2 Å². The summed E-state index contributed by atoms with van der Waals surface area (Å²) >= 11 is 0. The SMILES string of the molecule is CCCCC(CCCC)COC(=O)C1CC2C[C@@](F)(CC/C(N)=N/NC)CCC2CN1. The van der Waals surface area contributed by atoms with E-state index >= 15 is 4.39 Å². The van der Waals surface area contributed by atoms with Crippen LogP contribution in [0.2, 0.25) is 0 Å². The van der Waals surface area contributed by atoms with Gasteiger partial charge in [-0.1, -0.05) is 39.5 Å². The van der Waals surface area contributed by atoms with E-state index in [0.29, 0.717) is 56.4 Å². The van der Waals surface area contributed by atoms with Crippen LogP contribution in [-0.2, 0) is 9.53 Å². The number of carbonyl (C=O) groups is 1. The lowest BCUT2D eigenvalue weighted by molar-refractivity contribution is -0.150. The number of hydrogen-bond acceptors (Lipinski definition) is 5. The Bertz CT molecular complexity index is 566.